The summed E-state index contributed by atoms with van der Waals surface area (Å²) in [6.07, 6.45) is 2.15. The number of rotatable bonds is 3. The second-order valence-electron chi connectivity index (χ2n) is 5.39. The maximum Gasteiger partial charge on any atom is 0.312 e. The molecular formula is C15H21N3O2. The molecule has 1 aliphatic heterocycles. The summed E-state index contributed by atoms with van der Waals surface area (Å²) in [5, 5.41) is 2.52. The Kier molecular flexibility index (Phi) is 4.61. The third-order valence-electron chi connectivity index (χ3n) is 3.74. The number of urea groups is 1. The van der Waals surface area contributed by atoms with Gasteiger partial charge in [0, 0.05) is 25.2 Å². The smallest absolute Gasteiger partial charge is 0.312 e. The Balaban J connectivity index is 1.95. The zero-order chi connectivity index (χ0) is 14.5. The molecule has 3 N–H and O–H groups in total. The molecule has 0 bridgehead atoms. The van der Waals surface area contributed by atoms with Crippen molar-refractivity contribution in [1.29, 1.82) is 0 Å². The van der Waals surface area contributed by atoms with Crippen LogP contribution in [0.15, 0.2) is 24.3 Å². The molecule has 1 heterocycles. The first-order valence-electron chi connectivity index (χ1n) is 6.98. The Labute approximate surface area is 119 Å². The average Bonchev–Trinajstić information content (AvgIpc) is 2.46. The van der Waals surface area contributed by atoms with Crippen molar-refractivity contribution in [3.05, 3.63) is 35.4 Å². The maximum absolute atomic E-state index is 12.3. The van der Waals surface area contributed by atoms with E-state index >= 15 is 0 Å². The Hall–Kier alpha value is -2.04. The first-order valence-corrected chi connectivity index (χ1v) is 6.98. The zero-order valence-electron chi connectivity index (χ0n) is 11.8. The third kappa shape index (κ3) is 3.73. The van der Waals surface area contributed by atoms with Crippen molar-refractivity contribution in [3.8, 4) is 0 Å². The SMILES string of the molecule is CC1CCN(C(=O)c2ccc(CNC(N)=O)cc2)CC1. The molecule has 1 saturated heterocycles. The average molecular weight is 275 g/mol. The third-order valence-corrected chi connectivity index (χ3v) is 3.74. The molecule has 20 heavy (non-hydrogen) atoms. The fourth-order valence-corrected chi connectivity index (χ4v) is 2.35. The molecule has 0 saturated carbocycles. The van der Waals surface area contributed by atoms with Crippen LogP contribution >= 0.6 is 0 Å². The number of nitrogens with two attached hydrogens (primary N) is 1. The number of primary amides is 1. The predicted octanol–water partition coefficient (Wildman–Crippen LogP) is 1.73. The first-order chi connectivity index (χ1) is 9.56. The van der Waals surface area contributed by atoms with Gasteiger partial charge in [0.2, 0.25) is 0 Å². The summed E-state index contributed by atoms with van der Waals surface area (Å²) in [7, 11) is 0. The molecule has 0 aliphatic carbocycles. The normalized spacial score (nSPS) is 15.9. The molecule has 5 nitrogen and oxygen atoms in total. The Morgan fingerprint density at radius 2 is 1.85 bits per heavy atom. The molecule has 0 aromatic heterocycles. The highest BCUT2D eigenvalue weighted by atomic mass is 16.2. The van der Waals surface area contributed by atoms with Gasteiger partial charge in [0.05, 0.1) is 0 Å². The van der Waals surface area contributed by atoms with E-state index in [1.165, 1.54) is 0 Å². The fraction of sp³-hybridized carbons (Fsp3) is 0.467. The highest BCUT2D eigenvalue weighted by molar-refractivity contribution is 5.94. The standard InChI is InChI=1S/C15H21N3O2/c1-11-6-8-18(9-7-11)14(19)13-4-2-12(3-5-13)10-17-15(16)20/h2-5,11H,6-10H2,1H3,(H3,16,17,20). The lowest BCUT2D eigenvalue weighted by Gasteiger charge is -2.30. The van der Waals surface area contributed by atoms with Gasteiger partial charge < -0.3 is 16.0 Å². The van der Waals surface area contributed by atoms with Crippen LogP contribution in [0.4, 0.5) is 4.79 Å². The van der Waals surface area contributed by atoms with Crippen LogP contribution in [0.25, 0.3) is 0 Å². The number of amides is 3. The van der Waals surface area contributed by atoms with Gasteiger partial charge in [-0.25, -0.2) is 4.79 Å². The van der Waals surface area contributed by atoms with E-state index in [1.54, 1.807) is 12.1 Å². The molecule has 0 spiro atoms. The number of likely N-dealkylation sites (tertiary alicyclic amines) is 1. The molecule has 5 heteroatoms. The summed E-state index contributed by atoms with van der Waals surface area (Å²) in [5.74, 6) is 0.799. The van der Waals surface area contributed by atoms with E-state index in [2.05, 4.69) is 12.2 Å². The fourth-order valence-electron chi connectivity index (χ4n) is 2.35. The first kappa shape index (κ1) is 14.4. The second kappa shape index (κ2) is 6.41. The number of piperidine rings is 1. The number of hydrogen-bond donors (Lipinski definition) is 2. The number of carbonyl (C=O) groups excluding carboxylic acids is 2. The number of hydrogen-bond acceptors (Lipinski definition) is 2. The maximum atomic E-state index is 12.3. The Morgan fingerprint density at radius 1 is 1.25 bits per heavy atom. The van der Waals surface area contributed by atoms with E-state index in [-0.39, 0.29) is 5.91 Å². The van der Waals surface area contributed by atoms with Crippen molar-refractivity contribution < 1.29 is 9.59 Å². The quantitative estimate of drug-likeness (QED) is 0.881. The van der Waals surface area contributed by atoms with Crippen LogP contribution in [0, 0.1) is 5.92 Å². The molecule has 0 radical (unpaired) electrons. The van der Waals surface area contributed by atoms with E-state index in [1.807, 2.05) is 17.0 Å². The molecule has 1 aliphatic rings. The minimum atomic E-state index is -0.549. The predicted molar refractivity (Wildman–Crippen MR) is 77.2 cm³/mol. The zero-order valence-corrected chi connectivity index (χ0v) is 11.8. The van der Waals surface area contributed by atoms with E-state index in [4.69, 9.17) is 5.73 Å². The molecule has 0 atom stereocenters. The summed E-state index contributed by atoms with van der Waals surface area (Å²) in [6, 6.07) is 6.75. The Bertz CT molecular complexity index is 476. The number of benzene rings is 1. The van der Waals surface area contributed by atoms with Crippen LogP contribution in [-0.4, -0.2) is 29.9 Å². The van der Waals surface area contributed by atoms with Gasteiger partial charge in [-0.2, -0.15) is 0 Å². The summed E-state index contributed by atoms with van der Waals surface area (Å²) >= 11 is 0. The highest BCUT2D eigenvalue weighted by Gasteiger charge is 2.21. The summed E-state index contributed by atoms with van der Waals surface area (Å²) < 4.78 is 0. The van der Waals surface area contributed by atoms with Gasteiger partial charge in [0.25, 0.3) is 5.91 Å². The molecular weight excluding hydrogens is 254 g/mol. The van der Waals surface area contributed by atoms with E-state index in [0.717, 1.165) is 31.5 Å². The molecule has 108 valence electrons. The molecule has 1 aromatic carbocycles. The largest absolute Gasteiger partial charge is 0.352 e. The summed E-state index contributed by atoms with van der Waals surface area (Å²) in [5.41, 5.74) is 6.64. The van der Waals surface area contributed by atoms with Gasteiger partial charge in [0.1, 0.15) is 0 Å². The van der Waals surface area contributed by atoms with Gasteiger partial charge in [-0.15, -0.1) is 0 Å². The molecule has 1 fully saturated rings. The van der Waals surface area contributed by atoms with E-state index in [0.29, 0.717) is 18.0 Å². The summed E-state index contributed by atoms with van der Waals surface area (Å²) in [4.78, 5) is 24.9. The second-order valence-corrected chi connectivity index (χ2v) is 5.39. The van der Waals surface area contributed by atoms with E-state index < -0.39 is 6.03 Å². The van der Waals surface area contributed by atoms with Gasteiger partial charge in [0.15, 0.2) is 0 Å². The number of carbonyl (C=O) groups is 2. The minimum absolute atomic E-state index is 0.0892. The summed E-state index contributed by atoms with van der Waals surface area (Å²) in [6.45, 7) is 4.28. The van der Waals surface area contributed by atoms with Crippen molar-refractivity contribution in [3.63, 3.8) is 0 Å². The monoisotopic (exact) mass is 275 g/mol. The van der Waals surface area contributed by atoms with Gasteiger partial charge >= 0.3 is 6.03 Å². The van der Waals surface area contributed by atoms with Crippen molar-refractivity contribution >= 4 is 11.9 Å². The van der Waals surface area contributed by atoms with Crippen molar-refractivity contribution in [2.24, 2.45) is 11.7 Å². The van der Waals surface area contributed by atoms with Crippen LogP contribution in [0.3, 0.4) is 0 Å². The highest BCUT2D eigenvalue weighted by Crippen LogP contribution is 2.18. The lowest BCUT2D eigenvalue weighted by Crippen LogP contribution is -2.37. The van der Waals surface area contributed by atoms with Gasteiger partial charge in [-0.1, -0.05) is 19.1 Å². The Morgan fingerprint density at radius 3 is 2.40 bits per heavy atom. The number of nitrogens with zero attached hydrogens (tertiary/aromatic N) is 1. The van der Waals surface area contributed by atoms with Crippen LogP contribution < -0.4 is 11.1 Å². The van der Waals surface area contributed by atoms with Crippen LogP contribution in [0.2, 0.25) is 0 Å². The lowest BCUT2D eigenvalue weighted by molar-refractivity contribution is 0.0697. The van der Waals surface area contributed by atoms with Crippen molar-refractivity contribution in [2.45, 2.75) is 26.3 Å². The van der Waals surface area contributed by atoms with Crippen molar-refractivity contribution in [2.75, 3.05) is 13.1 Å². The lowest BCUT2D eigenvalue weighted by atomic mass is 9.98. The number of nitrogens with one attached hydrogen (secondary N) is 1. The molecule has 2 rings (SSSR count). The molecule has 3 amide bonds. The van der Waals surface area contributed by atoms with Crippen LogP contribution in [0.5, 0.6) is 0 Å². The molecule has 0 unspecified atom stereocenters. The van der Waals surface area contributed by atoms with Crippen LogP contribution in [0.1, 0.15) is 35.7 Å². The van der Waals surface area contributed by atoms with E-state index in [9.17, 15) is 9.59 Å². The topological polar surface area (TPSA) is 75.4 Å². The van der Waals surface area contributed by atoms with Gasteiger partial charge in [-0.05, 0) is 36.5 Å². The minimum Gasteiger partial charge on any atom is -0.352 e. The molecule has 1 aromatic rings. The van der Waals surface area contributed by atoms with Crippen molar-refractivity contribution in [1.82, 2.24) is 10.2 Å². The van der Waals surface area contributed by atoms with Crippen LogP contribution in [-0.2, 0) is 6.54 Å². The van der Waals surface area contributed by atoms with Gasteiger partial charge in [-0.3, -0.25) is 4.79 Å².